The smallest absolute Gasteiger partial charge is 0.351 e. The minimum atomic E-state index is -0.532. The van der Waals surface area contributed by atoms with Crippen LogP contribution in [0.2, 0.25) is 5.02 Å². The van der Waals surface area contributed by atoms with Crippen molar-refractivity contribution in [1.29, 1.82) is 0 Å². The maximum absolute atomic E-state index is 12.4. The van der Waals surface area contributed by atoms with Gasteiger partial charge in [-0.05, 0) is 42.9 Å². The molecule has 33 heavy (non-hydrogen) atoms. The van der Waals surface area contributed by atoms with Gasteiger partial charge in [-0.25, -0.2) is 9.97 Å². The second-order valence-electron chi connectivity index (χ2n) is 7.83. The van der Waals surface area contributed by atoms with E-state index in [1.54, 1.807) is 24.3 Å². The minimum Gasteiger partial charge on any atom is -0.351 e. The number of halogens is 1. The summed E-state index contributed by atoms with van der Waals surface area (Å²) in [7, 11) is 0. The summed E-state index contributed by atoms with van der Waals surface area (Å²) in [5.41, 5.74) is 6.25. The van der Waals surface area contributed by atoms with Gasteiger partial charge in [0.25, 0.3) is 5.91 Å². The van der Waals surface area contributed by atoms with E-state index in [1.807, 2.05) is 23.1 Å². The van der Waals surface area contributed by atoms with Gasteiger partial charge in [0.15, 0.2) is 0 Å². The molecule has 4 rings (SSSR count). The van der Waals surface area contributed by atoms with Crippen LogP contribution in [0.5, 0.6) is 0 Å². The predicted octanol–water partition coefficient (Wildman–Crippen LogP) is 4.25. The van der Waals surface area contributed by atoms with Crippen LogP contribution in [0.4, 0.5) is 17.3 Å². The third kappa shape index (κ3) is 5.38. The number of anilines is 2. The van der Waals surface area contributed by atoms with Crippen LogP contribution in [-0.2, 0) is 6.42 Å². The van der Waals surface area contributed by atoms with E-state index in [0.717, 1.165) is 19.3 Å². The number of aromatic nitrogens is 2. The van der Waals surface area contributed by atoms with Crippen LogP contribution in [0, 0.1) is 16.0 Å². The summed E-state index contributed by atoms with van der Waals surface area (Å²) in [6, 6.07) is 16.8. The van der Waals surface area contributed by atoms with E-state index < -0.39 is 10.8 Å². The molecular formula is C23H23ClN6O3. The third-order valence-corrected chi connectivity index (χ3v) is 6.01. The number of amides is 1. The number of carbonyl (C=O) groups is 1. The van der Waals surface area contributed by atoms with Crippen molar-refractivity contribution in [3.05, 3.63) is 87.2 Å². The highest BCUT2D eigenvalue weighted by Crippen LogP contribution is 2.34. The second-order valence-corrected chi connectivity index (χ2v) is 8.24. The van der Waals surface area contributed by atoms with Crippen LogP contribution in [-0.4, -0.2) is 33.9 Å². The molecule has 0 radical (unpaired) electrons. The maximum atomic E-state index is 12.4. The molecule has 0 unspecified atom stereocenters. The Kier molecular flexibility index (Phi) is 6.99. The van der Waals surface area contributed by atoms with Crippen molar-refractivity contribution in [2.24, 2.45) is 5.92 Å². The van der Waals surface area contributed by atoms with Gasteiger partial charge in [-0.3, -0.25) is 25.8 Å². The Hall–Kier alpha value is -3.72. The average Bonchev–Trinajstić information content (AvgIpc) is 2.83. The third-order valence-electron chi connectivity index (χ3n) is 5.68. The molecule has 0 atom stereocenters. The first-order chi connectivity index (χ1) is 16.0. The molecule has 1 saturated heterocycles. The largest absolute Gasteiger partial charge is 0.355 e. The lowest BCUT2D eigenvalue weighted by Crippen LogP contribution is -2.36. The number of rotatable bonds is 7. The number of nitro groups is 1. The molecule has 170 valence electrons. The molecule has 0 saturated carbocycles. The lowest BCUT2D eigenvalue weighted by molar-refractivity contribution is -0.383. The van der Waals surface area contributed by atoms with E-state index in [1.165, 1.54) is 11.9 Å². The lowest BCUT2D eigenvalue weighted by Gasteiger charge is -2.32. The van der Waals surface area contributed by atoms with Crippen molar-refractivity contribution in [2.45, 2.75) is 19.3 Å². The van der Waals surface area contributed by atoms with E-state index in [0.29, 0.717) is 19.0 Å². The Morgan fingerprint density at radius 3 is 2.48 bits per heavy atom. The summed E-state index contributed by atoms with van der Waals surface area (Å²) in [5.74, 6) is 0.133. The Morgan fingerprint density at radius 2 is 1.79 bits per heavy atom. The summed E-state index contributed by atoms with van der Waals surface area (Å²) in [4.78, 5) is 33.8. The van der Waals surface area contributed by atoms with E-state index in [4.69, 9.17) is 11.6 Å². The topological polar surface area (TPSA) is 113 Å². The fraction of sp³-hybridized carbons (Fsp3) is 0.261. The molecule has 10 heteroatoms. The van der Waals surface area contributed by atoms with Crippen LogP contribution in [0.3, 0.4) is 0 Å². The minimum absolute atomic E-state index is 0.0863. The molecule has 0 spiro atoms. The van der Waals surface area contributed by atoms with Crippen molar-refractivity contribution in [1.82, 2.24) is 15.4 Å². The number of carbonyl (C=O) groups excluding carboxylic acids is 1. The number of hydrogen-bond donors (Lipinski definition) is 2. The van der Waals surface area contributed by atoms with Crippen LogP contribution >= 0.6 is 11.6 Å². The molecule has 1 fully saturated rings. The fourth-order valence-corrected chi connectivity index (χ4v) is 4.21. The Morgan fingerprint density at radius 1 is 1.09 bits per heavy atom. The number of nitrogens with zero attached hydrogens (tertiary/aromatic N) is 4. The monoisotopic (exact) mass is 466 g/mol. The normalized spacial score (nSPS) is 14.0. The van der Waals surface area contributed by atoms with E-state index in [2.05, 4.69) is 33.0 Å². The number of nitrogens with one attached hydrogen (secondary N) is 2. The number of benzene rings is 2. The molecule has 2 heterocycles. The summed E-state index contributed by atoms with van der Waals surface area (Å²) < 4.78 is 0. The maximum Gasteiger partial charge on any atom is 0.355 e. The molecular weight excluding hydrogens is 444 g/mol. The Balaban J connectivity index is 1.45. The Labute approximate surface area is 195 Å². The quantitative estimate of drug-likeness (QED) is 0.395. The SMILES string of the molecule is O=C(NNc1ncnc(N2CCC(Cc3ccccc3)CC2)c1[N+](=O)[O-])c1ccccc1Cl. The van der Waals surface area contributed by atoms with E-state index >= 15 is 0 Å². The zero-order valence-corrected chi connectivity index (χ0v) is 18.5. The van der Waals surface area contributed by atoms with Gasteiger partial charge in [-0.1, -0.05) is 54.1 Å². The van der Waals surface area contributed by atoms with Gasteiger partial charge in [-0.15, -0.1) is 0 Å². The van der Waals surface area contributed by atoms with Crippen LogP contribution in [0.25, 0.3) is 0 Å². The standard InChI is InChI=1S/C23H23ClN6O3/c24-19-9-5-4-8-18(19)23(31)28-27-21-20(30(32)33)22(26-15-25-21)29-12-10-17(11-13-29)14-16-6-2-1-3-7-16/h1-9,15,17H,10-14H2,(H,28,31)(H,25,26,27). The highest BCUT2D eigenvalue weighted by atomic mass is 35.5. The summed E-state index contributed by atoms with van der Waals surface area (Å²) in [6.07, 6.45) is 4.05. The highest BCUT2D eigenvalue weighted by Gasteiger charge is 2.30. The molecule has 2 N–H and O–H groups in total. The van der Waals surface area contributed by atoms with Crippen molar-refractivity contribution < 1.29 is 9.72 Å². The van der Waals surface area contributed by atoms with Crippen LogP contribution < -0.4 is 15.8 Å². The number of hydrazine groups is 1. The molecule has 3 aromatic rings. The van der Waals surface area contributed by atoms with E-state index in [-0.39, 0.29) is 27.9 Å². The van der Waals surface area contributed by atoms with Gasteiger partial charge in [0.05, 0.1) is 15.5 Å². The Bertz CT molecular complexity index is 1140. The van der Waals surface area contributed by atoms with Gasteiger partial charge in [0.1, 0.15) is 6.33 Å². The predicted molar refractivity (Wildman–Crippen MR) is 126 cm³/mol. The van der Waals surface area contributed by atoms with E-state index in [9.17, 15) is 14.9 Å². The molecule has 1 amide bonds. The summed E-state index contributed by atoms with van der Waals surface area (Å²) in [6.45, 7) is 1.31. The van der Waals surface area contributed by atoms with Crippen molar-refractivity contribution in [3.63, 3.8) is 0 Å². The van der Waals surface area contributed by atoms with Gasteiger partial charge < -0.3 is 4.90 Å². The van der Waals surface area contributed by atoms with Crippen molar-refractivity contribution in [2.75, 3.05) is 23.4 Å². The van der Waals surface area contributed by atoms with Gasteiger partial charge >= 0.3 is 5.69 Å². The molecule has 1 aliphatic heterocycles. The fourth-order valence-electron chi connectivity index (χ4n) is 3.99. The summed E-state index contributed by atoms with van der Waals surface area (Å²) >= 11 is 6.04. The molecule has 0 aliphatic carbocycles. The molecule has 2 aromatic carbocycles. The summed E-state index contributed by atoms with van der Waals surface area (Å²) in [5, 5.41) is 12.2. The number of piperidine rings is 1. The van der Waals surface area contributed by atoms with Gasteiger partial charge in [0.2, 0.25) is 11.6 Å². The first kappa shape index (κ1) is 22.5. The van der Waals surface area contributed by atoms with Crippen LogP contribution in [0.15, 0.2) is 60.9 Å². The first-order valence-electron chi connectivity index (χ1n) is 10.6. The second kappa shape index (κ2) is 10.3. The highest BCUT2D eigenvalue weighted by molar-refractivity contribution is 6.33. The molecule has 1 aromatic heterocycles. The van der Waals surface area contributed by atoms with Gasteiger partial charge in [-0.2, -0.15) is 0 Å². The molecule has 0 bridgehead atoms. The molecule has 1 aliphatic rings. The zero-order chi connectivity index (χ0) is 23.2. The average molecular weight is 467 g/mol. The lowest BCUT2D eigenvalue weighted by atomic mass is 9.90. The van der Waals surface area contributed by atoms with Crippen molar-refractivity contribution >= 4 is 34.8 Å². The number of hydrogen-bond acceptors (Lipinski definition) is 7. The van der Waals surface area contributed by atoms with Gasteiger partial charge in [0, 0.05) is 13.1 Å². The first-order valence-corrected chi connectivity index (χ1v) is 11.0. The zero-order valence-electron chi connectivity index (χ0n) is 17.8. The molecule has 9 nitrogen and oxygen atoms in total. The van der Waals surface area contributed by atoms with Crippen molar-refractivity contribution in [3.8, 4) is 0 Å². The van der Waals surface area contributed by atoms with Crippen LogP contribution in [0.1, 0.15) is 28.8 Å².